The van der Waals surface area contributed by atoms with Crippen molar-refractivity contribution in [3.05, 3.63) is 46.3 Å². The highest BCUT2D eigenvalue weighted by Crippen LogP contribution is 2.36. The van der Waals surface area contributed by atoms with Gasteiger partial charge in [-0.3, -0.25) is 9.69 Å². The summed E-state index contributed by atoms with van der Waals surface area (Å²) in [7, 11) is 0. The van der Waals surface area contributed by atoms with Crippen molar-refractivity contribution in [2.75, 3.05) is 32.7 Å². The van der Waals surface area contributed by atoms with E-state index < -0.39 is 17.5 Å². The average Bonchev–Trinajstić information content (AvgIpc) is 2.86. The molecule has 1 unspecified atom stereocenters. The molecule has 0 bridgehead atoms. The third-order valence-electron chi connectivity index (χ3n) is 7.38. The minimum Gasteiger partial charge on any atom is -0.507 e. The summed E-state index contributed by atoms with van der Waals surface area (Å²) in [4.78, 5) is 16.7. The maximum Gasteiger partial charge on any atom is 0.416 e. The van der Waals surface area contributed by atoms with Gasteiger partial charge in [-0.25, -0.2) is 0 Å². The Kier molecular flexibility index (Phi) is 9.94. The summed E-state index contributed by atoms with van der Waals surface area (Å²) >= 11 is 0. The van der Waals surface area contributed by atoms with E-state index >= 15 is 0 Å². The van der Waals surface area contributed by atoms with Gasteiger partial charge in [-0.05, 0) is 74.4 Å². The number of hydrogen-bond acceptors (Lipinski definition) is 7. The highest BCUT2D eigenvalue weighted by Gasteiger charge is 2.31. The summed E-state index contributed by atoms with van der Waals surface area (Å²) in [5.41, 5.74) is 13.6. The monoisotopic (exact) mass is 539 g/mol. The van der Waals surface area contributed by atoms with Gasteiger partial charge in [0.25, 0.3) is 0 Å². The van der Waals surface area contributed by atoms with Gasteiger partial charge in [-0.1, -0.05) is 13.8 Å². The molecule has 3 rings (SSSR count). The minimum absolute atomic E-state index is 0.0140. The van der Waals surface area contributed by atoms with Crippen LogP contribution in [-0.4, -0.2) is 70.8 Å². The molecule has 7 N–H and O–H groups in total. The number of aliphatic hydroxyl groups excluding tert-OH is 1. The van der Waals surface area contributed by atoms with Crippen molar-refractivity contribution < 1.29 is 28.2 Å². The first-order valence-electron chi connectivity index (χ1n) is 13.3. The van der Waals surface area contributed by atoms with E-state index in [1.54, 1.807) is 0 Å². The van der Waals surface area contributed by atoms with Gasteiger partial charge < -0.3 is 31.9 Å². The molecule has 1 aromatic carbocycles. The largest absolute Gasteiger partial charge is 0.507 e. The fourth-order valence-electron chi connectivity index (χ4n) is 5.26. The van der Waals surface area contributed by atoms with E-state index in [-0.39, 0.29) is 29.3 Å². The molecule has 2 aliphatic heterocycles. The van der Waals surface area contributed by atoms with Crippen LogP contribution in [0.15, 0.2) is 35.2 Å². The molecular weight excluding hydrogens is 499 g/mol. The Bertz CT molecular complexity index is 1050. The lowest BCUT2D eigenvalue weighted by Crippen LogP contribution is -2.51. The molecule has 0 radical (unpaired) electrons. The molecule has 1 amide bonds. The highest BCUT2D eigenvalue weighted by atomic mass is 19.4. The number of nitrogens with two attached hydrogens (primary N) is 2. The summed E-state index contributed by atoms with van der Waals surface area (Å²) in [6, 6.07) is 2.77. The lowest BCUT2D eigenvalue weighted by atomic mass is 9.94. The van der Waals surface area contributed by atoms with E-state index in [1.807, 2.05) is 18.7 Å². The van der Waals surface area contributed by atoms with Crippen LogP contribution in [0.1, 0.15) is 63.5 Å². The van der Waals surface area contributed by atoms with Crippen LogP contribution in [0, 0.1) is 0 Å². The molecule has 212 valence electrons. The zero-order valence-corrected chi connectivity index (χ0v) is 22.2. The van der Waals surface area contributed by atoms with Crippen LogP contribution in [0.2, 0.25) is 0 Å². The number of phenols is 1. The van der Waals surface area contributed by atoms with E-state index in [9.17, 15) is 28.2 Å². The number of aromatic hydroxyl groups is 1. The van der Waals surface area contributed by atoms with Crippen molar-refractivity contribution in [1.82, 2.24) is 15.1 Å². The van der Waals surface area contributed by atoms with Crippen molar-refractivity contribution >= 4 is 11.6 Å². The van der Waals surface area contributed by atoms with Gasteiger partial charge in [-0.15, -0.1) is 0 Å². The smallest absolute Gasteiger partial charge is 0.416 e. The van der Waals surface area contributed by atoms with Gasteiger partial charge in [0.05, 0.1) is 24.0 Å². The number of halogens is 3. The zero-order chi connectivity index (χ0) is 28.0. The third-order valence-corrected chi connectivity index (χ3v) is 7.38. The molecular formula is C27H40F3N5O3. The molecule has 0 aliphatic carbocycles. The molecule has 11 heteroatoms. The van der Waals surface area contributed by atoms with E-state index in [4.69, 9.17) is 11.5 Å². The number of carbonyl (C=O) groups is 1. The summed E-state index contributed by atoms with van der Waals surface area (Å²) in [5, 5.41) is 23.4. The van der Waals surface area contributed by atoms with Gasteiger partial charge in [0.1, 0.15) is 5.75 Å². The van der Waals surface area contributed by atoms with Crippen LogP contribution in [-0.2, 0) is 11.0 Å². The predicted octanol–water partition coefficient (Wildman–Crippen LogP) is 3.11. The quantitative estimate of drug-likeness (QED) is 0.321. The maximum absolute atomic E-state index is 13.0. The molecule has 0 spiro atoms. The number of nitrogens with zero attached hydrogens (tertiary/aromatic N) is 2. The Balaban J connectivity index is 1.73. The first-order valence-corrected chi connectivity index (χ1v) is 13.3. The Hall–Kier alpha value is -2.92. The standard InChI is InChI=1S/C27H40F3N5O3/c1-3-20(25(31)22-8-7-17(14-23(22)37)27(28,29)30)21(4-2)26(32)33-18-6-5-11-34(15-18)16-24(38)35-12-9-19(36)10-13-35/h7-8,14,18-19,33,36-37H,3-6,9-13,15-16,31-32H2,1-2H3/b25-20-,26-21+. The van der Waals surface area contributed by atoms with E-state index in [2.05, 4.69) is 10.2 Å². The number of piperidine rings is 2. The lowest BCUT2D eigenvalue weighted by molar-refractivity contribution is -0.137. The summed E-state index contributed by atoms with van der Waals surface area (Å²) in [6.45, 7) is 6.71. The van der Waals surface area contributed by atoms with Crippen LogP contribution < -0.4 is 16.8 Å². The average molecular weight is 540 g/mol. The number of amides is 1. The SMILES string of the molecule is CCC(=C(/N)c1ccc(C(F)(F)F)cc1O)/C(CC)=C(\N)NC1CCCN(CC(=O)N2CCC(O)CC2)C1. The lowest BCUT2D eigenvalue weighted by Gasteiger charge is -2.36. The maximum atomic E-state index is 13.0. The van der Waals surface area contributed by atoms with Gasteiger partial charge >= 0.3 is 6.18 Å². The Morgan fingerprint density at radius 3 is 2.32 bits per heavy atom. The van der Waals surface area contributed by atoms with Crippen LogP contribution in [0.25, 0.3) is 5.70 Å². The molecule has 2 saturated heterocycles. The Morgan fingerprint density at radius 1 is 1.08 bits per heavy atom. The molecule has 2 heterocycles. The van der Waals surface area contributed by atoms with Gasteiger partial charge in [0.2, 0.25) is 5.91 Å². The molecule has 1 atom stereocenters. The van der Waals surface area contributed by atoms with Crippen molar-refractivity contribution in [2.45, 2.75) is 70.7 Å². The first kappa shape index (κ1) is 29.6. The van der Waals surface area contributed by atoms with Crippen molar-refractivity contribution in [3.8, 4) is 5.75 Å². The fraction of sp³-hybridized carbons (Fsp3) is 0.593. The van der Waals surface area contributed by atoms with Crippen LogP contribution >= 0.6 is 0 Å². The van der Waals surface area contributed by atoms with Crippen LogP contribution in [0.4, 0.5) is 13.2 Å². The van der Waals surface area contributed by atoms with Crippen molar-refractivity contribution in [1.29, 1.82) is 0 Å². The predicted molar refractivity (Wildman–Crippen MR) is 140 cm³/mol. The van der Waals surface area contributed by atoms with Gasteiger partial charge in [-0.2, -0.15) is 13.2 Å². The minimum atomic E-state index is -4.57. The first-order chi connectivity index (χ1) is 17.9. The number of carbonyl (C=O) groups excluding carboxylic acids is 1. The number of phenolic OH excluding ortho intramolecular Hbond substituents is 1. The number of rotatable bonds is 8. The van der Waals surface area contributed by atoms with Gasteiger partial charge in [0.15, 0.2) is 0 Å². The normalized spacial score (nSPS) is 21.1. The second kappa shape index (κ2) is 12.8. The zero-order valence-electron chi connectivity index (χ0n) is 22.2. The number of aliphatic hydroxyl groups is 1. The fourth-order valence-corrected chi connectivity index (χ4v) is 5.26. The molecule has 2 aliphatic rings. The molecule has 38 heavy (non-hydrogen) atoms. The molecule has 0 aromatic heterocycles. The summed E-state index contributed by atoms with van der Waals surface area (Å²) < 4.78 is 39.1. The van der Waals surface area contributed by atoms with E-state index in [1.165, 1.54) is 6.07 Å². The molecule has 2 fully saturated rings. The summed E-state index contributed by atoms with van der Waals surface area (Å²) in [6.07, 6.45) is -0.915. The van der Waals surface area contributed by atoms with Crippen LogP contribution in [0.5, 0.6) is 5.75 Å². The van der Waals surface area contributed by atoms with Gasteiger partial charge in [0, 0.05) is 36.9 Å². The number of hydrogen-bond donors (Lipinski definition) is 5. The Morgan fingerprint density at radius 2 is 1.74 bits per heavy atom. The van der Waals surface area contributed by atoms with Crippen LogP contribution in [0.3, 0.4) is 0 Å². The third kappa shape index (κ3) is 7.35. The number of likely N-dealkylation sites (tertiary alicyclic amines) is 2. The molecule has 0 saturated carbocycles. The number of allylic oxidation sites excluding steroid dienone is 2. The number of alkyl halides is 3. The molecule has 8 nitrogen and oxygen atoms in total. The highest BCUT2D eigenvalue weighted by molar-refractivity contribution is 5.78. The second-order valence-corrected chi connectivity index (χ2v) is 10.1. The van der Waals surface area contributed by atoms with E-state index in [0.29, 0.717) is 69.3 Å². The molecule has 1 aromatic rings. The number of nitrogens with one attached hydrogen (secondary N) is 1. The summed E-state index contributed by atoms with van der Waals surface area (Å²) in [5.74, 6) is -0.0430. The van der Waals surface area contributed by atoms with E-state index in [0.717, 1.165) is 31.0 Å². The topological polar surface area (TPSA) is 128 Å². The van der Waals surface area contributed by atoms with Crippen molar-refractivity contribution in [3.63, 3.8) is 0 Å². The van der Waals surface area contributed by atoms with Crippen molar-refractivity contribution in [2.24, 2.45) is 11.5 Å². The second-order valence-electron chi connectivity index (χ2n) is 10.1. The Labute approximate surface area is 222 Å². The number of benzene rings is 1.